The first-order valence-electron chi connectivity index (χ1n) is 12.1. The SMILES string of the molecule is COc1c(Br)cc(C/C(=N/O)C(=O)NCCCOc2c(Br)cc(CCNC(=O)OC(C)(C)C)cc2Br)c(O)c1Br. The number of halogens is 4. The van der Waals surface area contributed by atoms with E-state index in [-0.39, 0.29) is 24.4 Å². The van der Waals surface area contributed by atoms with Crippen LogP contribution in [-0.2, 0) is 22.4 Å². The van der Waals surface area contributed by atoms with E-state index >= 15 is 0 Å². The Bertz CT molecular complexity index is 1230. The van der Waals surface area contributed by atoms with Gasteiger partial charge in [0.1, 0.15) is 27.3 Å². The Kier molecular flexibility index (Phi) is 13.5. The van der Waals surface area contributed by atoms with Crippen LogP contribution >= 0.6 is 63.7 Å². The minimum Gasteiger partial charge on any atom is -0.506 e. The molecule has 0 aliphatic carbocycles. The highest BCUT2D eigenvalue weighted by Gasteiger charge is 2.20. The molecule has 0 aliphatic rings. The van der Waals surface area contributed by atoms with Crippen LogP contribution in [0.4, 0.5) is 4.79 Å². The van der Waals surface area contributed by atoms with Gasteiger partial charge in [0.05, 0.1) is 27.1 Å². The van der Waals surface area contributed by atoms with Crippen LogP contribution in [0.25, 0.3) is 0 Å². The van der Waals surface area contributed by atoms with E-state index in [1.165, 1.54) is 7.11 Å². The smallest absolute Gasteiger partial charge is 0.407 e. The number of carbonyl (C=O) groups is 2. The highest BCUT2D eigenvalue weighted by Crippen LogP contribution is 2.42. The summed E-state index contributed by atoms with van der Waals surface area (Å²) in [7, 11) is 1.46. The van der Waals surface area contributed by atoms with Gasteiger partial charge in [-0.1, -0.05) is 5.16 Å². The van der Waals surface area contributed by atoms with Crippen molar-refractivity contribution in [2.45, 2.75) is 45.6 Å². The average molecular weight is 817 g/mol. The molecule has 220 valence electrons. The van der Waals surface area contributed by atoms with Crippen LogP contribution in [0.5, 0.6) is 17.2 Å². The number of hydrogen-bond donors (Lipinski definition) is 4. The number of alkyl carbamates (subject to hydrolysis) is 1. The van der Waals surface area contributed by atoms with Gasteiger partial charge in [0.2, 0.25) is 0 Å². The van der Waals surface area contributed by atoms with Gasteiger partial charge in [-0.2, -0.15) is 0 Å². The van der Waals surface area contributed by atoms with Gasteiger partial charge in [0.25, 0.3) is 5.91 Å². The fourth-order valence-corrected chi connectivity index (χ4v) is 6.41. The number of aromatic hydroxyl groups is 1. The van der Waals surface area contributed by atoms with Crippen LogP contribution in [0.1, 0.15) is 38.3 Å². The maximum Gasteiger partial charge on any atom is 0.407 e. The minimum absolute atomic E-state index is 0.106. The van der Waals surface area contributed by atoms with Crippen molar-refractivity contribution in [3.8, 4) is 17.2 Å². The molecule has 2 aromatic rings. The number of amides is 2. The lowest BCUT2D eigenvalue weighted by molar-refractivity contribution is -0.115. The molecule has 10 nitrogen and oxygen atoms in total. The fourth-order valence-electron chi connectivity index (χ4n) is 3.37. The first kappa shape index (κ1) is 34.2. The quantitative estimate of drug-likeness (QED) is 0.0834. The van der Waals surface area contributed by atoms with Gasteiger partial charge in [-0.05, 0) is 121 Å². The summed E-state index contributed by atoms with van der Waals surface area (Å²) in [6.07, 6.45) is 0.510. The molecule has 0 saturated heterocycles. The molecule has 0 spiro atoms. The molecule has 14 heteroatoms. The van der Waals surface area contributed by atoms with Crippen molar-refractivity contribution in [3.05, 3.63) is 47.2 Å². The molecule has 0 radical (unpaired) electrons. The topological polar surface area (TPSA) is 139 Å². The summed E-state index contributed by atoms with van der Waals surface area (Å²) in [5.41, 5.74) is 0.627. The van der Waals surface area contributed by atoms with Crippen LogP contribution in [-0.4, -0.2) is 60.4 Å². The molecule has 0 heterocycles. The predicted octanol–water partition coefficient (Wildman–Crippen LogP) is 6.48. The average Bonchev–Trinajstić information content (AvgIpc) is 2.85. The van der Waals surface area contributed by atoms with Crippen molar-refractivity contribution < 1.29 is 34.1 Å². The maximum atomic E-state index is 12.5. The van der Waals surface area contributed by atoms with Crippen molar-refractivity contribution in [1.82, 2.24) is 10.6 Å². The zero-order valence-corrected chi connectivity index (χ0v) is 28.7. The third-order valence-corrected chi connectivity index (χ3v) is 7.67. The van der Waals surface area contributed by atoms with Crippen LogP contribution in [0.2, 0.25) is 0 Å². The largest absolute Gasteiger partial charge is 0.506 e. The molecular weight excluding hydrogens is 786 g/mol. The van der Waals surface area contributed by atoms with Crippen LogP contribution < -0.4 is 20.1 Å². The molecule has 0 fully saturated rings. The molecule has 0 aliphatic heterocycles. The Hall–Kier alpha value is -2.03. The molecule has 0 atom stereocenters. The Morgan fingerprint density at radius 3 is 2.17 bits per heavy atom. The summed E-state index contributed by atoms with van der Waals surface area (Å²) >= 11 is 13.6. The number of phenolic OH excluding ortho intramolecular Hbond substituents is 1. The first-order valence-corrected chi connectivity index (χ1v) is 15.2. The van der Waals surface area contributed by atoms with Gasteiger partial charge in [-0.15, -0.1) is 0 Å². The van der Waals surface area contributed by atoms with Gasteiger partial charge in [-0.3, -0.25) is 4.79 Å². The Labute approximate surface area is 266 Å². The van der Waals surface area contributed by atoms with Crippen molar-refractivity contribution in [2.75, 3.05) is 26.8 Å². The van der Waals surface area contributed by atoms with Gasteiger partial charge in [-0.25, -0.2) is 4.79 Å². The first-order chi connectivity index (χ1) is 18.8. The standard InChI is InChI=1S/C26H31Br4N3O7/c1-26(2,3)40-25(36)32-8-6-14-10-16(27)22(17(28)11-14)39-9-5-7-31-24(35)19(33-37)13-15-12-18(29)23(38-4)20(30)21(15)34/h10-12,34,37H,5-9,13H2,1-4H3,(H,31,35)(H,32,36)/b33-19-. The predicted molar refractivity (Wildman–Crippen MR) is 166 cm³/mol. The molecule has 4 N–H and O–H groups in total. The monoisotopic (exact) mass is 813 g/mol. The van der Waals surface area contributed by atoms with E-state index in [1.807, 2.05) is 32.9 Å². The summed E-state index contributed by atoms with van der Waals surface area (Å²) in [5, 5.41) is 28.3. The van der Waals surface area contributed by atoms with E-state index in [9.17, 15) is 19.9 Å². The zero-order chi connectivity index (χ0) is 30.0. The van der Waals surface area contributed by atoms with E-state index in [2.05, 4.69) is 79.5 Å². The minimum atomic E-state index is -0.573. The highest BCUT2D eigenvalue weighted by molar-refractivity contribution is 9.11. The number of phenols is 1. The van der Waals surface area contributed by atoms with Gasteiger partial charge in [0.15, 0.2) is 5.75 Å². The second-order valence-electron chi connectivity index (χ2n) is 9.46. The molecule has 2 rings (SSSR count). The molecule has 0 saturated carbocycles. The van der Waals surface area contributed by atoms with E-state index in [4.69, 9.17) is 14.2 Å². The summed E-state index contributed by atoms with van der Waals surface area (Å²) in [4.78, 5) is 24.3. The van der Waals surface area contributed by atoms with Crippen molar-refractivity contribution >= 4 is 81.4 Å². The molecule has 0 bridgehead atoms. The maximum absolute atomic E-state index is 12.5. The number of rotatable bonds is 12. The van der Waals surface area contributed by atoms with E-state index in [1.54, 1.807) is 6.07 Å². The number of carbonyl (C=O) groups excluding carboxylic acids is 2. The Balaban J connectivity index is 1.83. The zero-order valence-electron chi connectivity index (χ0n) is 22.4. The molecule has 2 aromatic carbocycles. The molecular formula is C26H31Br4N3O7. The van der Waals surface area contributed by atoms with Gasteiger partial charge in [0, 0.05) is 25.1 Å². The number of nitrogens with one attached hydrogen (secondary N) is 2. The van der Waals surface area contributed by atoms with Crippen molar-refractivity contribution in [3.63, 3.8) is 0 Å². The number of ether oxygens (including phenoxy) is 3. The lowest BCUT2D eigenvalue weighted by atomic mass is 10.1. The van der Waals surface area contributed by atoms with Crippen molar-refractivity contribution in [2.24, 2.45) is 5.16 Å². The van der Waals surface area contributed by atoms with Crippen LogP contribution in [0, 0.1) is 0 Å². The van der Waals surface area contributed by atoms with Crippen LogP contribution in [0.15, 0.2) is 41.2 Å². The Morgan fingerprint density at radius 1 is 0.975 bits per heavy atom. The summed E-state index contributed by atoms with van der Waals surface area (Å²) < 4.78 is 18.7. The molecule has 2 amide bonds. The molecule has 40 heavy (non-hydrogen) atoms. The van der Waals surface area contributed by atoms with Gasteiger partial charge < -0.3 is 35.2 Å². The van der Waals surface area contributed by atoms with E-state index < -0.39 is 17.6 Å². The molecule has 0 unspecified atom stereocenters. The fraction of sp³-hybridized carbons (Fsp3) is 0.423. The highest BCUT2D eigenvalue weighted by atomic mass is 79.9. The lowest BCUT2D eigenvalue weighted by Gasteiger charge is -2.19. The number of hydrogen-bond acceptors (Lipinski definition) is 8. The third-order valence-electron chi connectivity index (χ3n) is 5.17. The summed E-state index contributed by atoms with van der Waals surface area (Å²) in [6.45, 7) is 6.42. The normalized spacial score (nSPS) is 11.7. The van der Waals surface area contributed by atoms with E-state index in [0.29, 0.717) is 52.0 Å². The second-order valence-corrected chi connectivity index (χ2v) is 12.8. The third kappa shape index (κ3) is 10.4. The van der Waals surface area contributed by atoms with Gasteiger partial charge >= 0.3 is 6.09 Å². The second kappa shape index (κ2) is 15.8. The Morgan fingerprint density at radius 2 is 1.60 bits per heavy atom. The van der Waals surface area contributed by atoms with E-state index in [0.717, 1.165) is 14.5 Å². The number of nitrogens with zero attached hydrogens (tertiary/aromatic N) is 1. The van der Waals surface area contributed by atoms with Crippen molar-refractivity contribution in [1.29, 1.82) is 0 Å². The van der Waals surface area contributed by atoms with Crippen LogP contribution in [0.3, 0.4) is 0 Å². The number of oxime groups is 1. The molecule has 0 aromatic heterocycles. The lowest BCUT2D eigenvalue weighted by Crippen LogP contribution is -2.33. The summed E-state index contributed by atoms with van der Waals surface area (Å²) in [6, 6.07) is 5.41. The number of methoxy groups -OCH3 is 1. The summed E-state index contributed by atoms with van der Waals surface area (Å²) in [5.74, 6) is 0.316. The number of benzene rings is 2.